The number of hydrogen-bond acceptors (Lipinski definition) is 6. The van der Waals surface area contributed by atoms with Crippen molar-refractivity contribution in [1.82, 2.24) is 4.90 Å². The second kappa shape index (κ2) is 8.47. The largest absolute Gasteiger partial charge is 0.429 e. The molecule has 0 fully saturated rings. The highest BCUT2D eigenvalue weighted by atomic mass is 79.9. The van der Waals surface area contributed by atoms with Gasteiger partial charge in [-0.05, 0) is 53.6 Å². The third kappa shape index (κ3) is 4.95. The maximum atomic E-state index is 12.0. The molecule has 0 heterocycles. The number of aliphatic hydroxyl groups excluding tert-OH is 2. The molecule has 0 bridgehead atoms. The normalized spacial score (nSPS) is 14.0. The highest BCUT2D eigenvalue weighted by Gasteiger charge is 2.20. The fraction of sp³-hybridized carbons (Fsp3) is 0.533. The Kier molecular flexibility index (Phi) is 7.28. The molecule has 0 saturated heterocycles. The van der Waals surface area contributed by atoms with E-state index in [1.54, 1.807) is 6.07 Å². The van der Waals surface area contributed by atoms with Gasteiger partial charge in [0.25, 0.3) is 0 Å². The summed E-state index contributed by atoms with van der Waals surface area (Å²) in [6.07, 6.45) is -2.72. The first-order valence-electron chi connectivity index (χ1n) is 7.17. The fourth-order valence-electron chi connectivity index (χ4n) is 1.89. The van der Waals surface area contributed by atoms with Crippen molar-refractivity contribution in [3.05, 3.63) is 27.7 Å². The molecule has 0 radical (unpaired) electrons. The first-order valence-corrected chi connectivity index (χ1v) is 7.96. The Balaban J connectivity index is 3.02. The summed E-state index contributed by atoms with van der Waals surface area (Å²) >= 11 is 3.33. The van der Waals surface area contributed by atoms with E-state index in [2.05, 4.69) is 20.8 Å². The lowest BCUT2D eigenvalue weighted by atomic mass is 10.1. The zero-order chi connectivity index (χ0) is 16.9. The molecule has 2 unspecified atom stereocenters. The molecule has 0 spiro atoms. The van der Waals surface area contributed by atoms with E-state index in [0.717, 1.165) is 18.7 Å². The lowest BCUT2D eigenvalue weighted by Crippen LogP contribution is -2.28. The van der Waals surface area contributed by atoms with Crippen LogP contribution in [0.1, 0.15) is 36.7 Å². The summed E-state index contributed by atoms with van der Waals surface area (Å²) in [6.45, 7) is 7.77. The van der Waals surface area contributed by atoms with Crippen molar-refractivity contribution >= 4 is 27.6 Å². The smallest absolute Gasteiger partial charge is 0.340 e. The number of rotatable bonds is 7. The summed E-state index contributed by atoms with van der Waals surface area (Å²) in [5.74, 6) is -0.713. The molecule has 0 saturated carbocycles. The first-order chi connectivity index (χ1) is 10.3. The van der Waals surface area contributed by atoms with Gasteiger partial charge in [-0.3, -0.25) is 4.90 Å². The highest BCUT2D eigenvalue weighted by Crippen LogP contribution is 2.27. The summed E-state index contributed by atoms with van der Waals surface area (Å²) in [5, 5.41) is 18.6. The Morgan fingerprint density at radius 1 is 1.36 bits per heavy atom. The number of nitrogen functional groups attached to an aromatic ring is 1. The van der Waals surface area contributed by atoms with Crippen molar-refractivity contribution in [3.63, 3.8) is 0 Å². The zero-order valence-electron chi connectivity index (χ0n) is 13.0. The number of esters is 1. The second-order valence-electron chi connectivity index (χ2n) is 5.03. The molecule has 0 aliphatic heterocycles. The average Bonchev–Trinajstić information content (AvgIpc) is 2.48. The molecule has 1 rings (SSSR count). The van der Waals surface area contributed by atoms with Gasteiger partial charge in [0.2, 0.25) is 6.29 Å². The summed E-state index contributed by atoms with van der Waals surface area (Å²) in [5.41, 5.74) is 7.68. The van der Waals surface area contributed by atoms with Crippen molar-refractivity contribution in [2.75, 3.05) is 18.8 Å². The third-order valence-corrected chi connectivity index (χ3v) is 4.04. The minimum absolute atomic E-state index is 0.267. The maximum absolute atomic E-state index is 12.0. The van der Waals surface area contributed by atoms with Gasteiger partial charge in [0.05, 0.1) is 11.3 Å². The van der Waals surface area contributed by atoms with Crippen LogP contribution in [0.3, 0.4) is 0 Å². The number of nitrogens with two attached hydrogens (primary N) is 1. The molecule has 0 aliphatic rings. The van der Waals surface area contributed by atoms with Crippen molar-refractivity contribution < 1.29 is 19.7 Å². The Morgan fingerprint density at radius 2 is 1.95 bits per heavy atom. The minimum atomic E-state index is -1.56. The van der Waals surface area contributed by atoms with Gasteiger partial charge in [0, 0.05) is 11.0 Å². The fourth-order valence-corrected chi connectivity index (χ4v) is 2.39. The van der Waals surface area contributed by atoms with Crippen LogP contribution in [0, 0.1) is 0 Å². The van der Waals surface area contributed by atoms with E-state index in [0.29, 0.717) is 16.7 Å². The van der Waals surface area contributed by atoms with Crippen LogP contribution in [-0.2, 0) is 11.3 Å². The van der Waals surface area contributed by atoms with Crippen LogP contribution in [0.5, 0.6) is 0 Å². The number of benzene rings is 1. The number of aliphatic hydroxyl groups is 2. The monoisotopic (exact) mass is 374 g/mol. The van der Waals surface area contributed by atoms with Crippen molar-refractivity contribution in [2.45, 2.75) is 39.7 Å². The Hall–Kier alpha value is -1.15. The van der Waals surface area contributed by atoms with E-state index in [1.165, 1.54) is 13.0 Å². The van der Waals surface area contributed by atoms with Crippen molar-refractivity contribution in [2.24, 2.45) is 0 Å². The van der Waals surface area contributed by atoms with Crippen LogP contribution >= 0.6 is 15.9 Å². The van der Waals surface area contributed by atoms with Gasteiger partial charge in [0.15, 0.2) is 0 Å². The van der Waals surface area contributed by atoms with Gasteiger partial charge in [-0.25, -0.2) is 4.79 Å². The van der Waals surface area contributed by atoms with Gasteiger partial charge in [-0.2, -0.15) is 0 Å². The van der Waals surface area contributed by atoms with Crippen LogP contribution in [0.15, 0.2) is 16.6 Å². The van der Waals surface area contributed by atoms with E-state index in [1.807, 2.05) is 13.8 Å². The summed E-state index contributed by atoms with van der Waals surface area (Å²) in [6, 6.07) is 3.19. The molecule has 0 aromatic heterocycles. The molecule has 1 aromatic carbocycles. The van der Waals surface area contributed by atoms with E-state index >= 15 is 0 Å². The van der Waals surface area contributed by atoms with Crippen molar-refractivity contribution in [1.29, 1.82) is 0 Å². The summed E-state index contributed by atoms with van der Waals surface area (Å²) < 4.78 is 5.39. The lowest BCUT2D eigenvalue weighted by Gasteiger charge is -2.20. The molecule has 0 amide bonds. The number of carbonyl (C=O) groups excluding carboxylic acids is 1. The summed E-state index contributed by atoms with van der Waals surface area (Å²) in [4.78, 5) is 14.2. The maximum Gasteiger partial charge on any atom is 0.340 e. The van der Waals surface area contributed by atoms with Crippen LogP contribution in [0.4, 0.5) is 5.69 Å². The van der Waals surface area contributed by atoms with E-state index < -0.39 is 18.4 Å². The molecule has 7 heteroatoms. The molecule has 124 valence electrons. The predicted molar refractivity (Wildman–Crippen MR) is 88.3 cm³/mol. The van der Waals surface area contributed by atoms with Crippen LogP contribution in [0.25, 0.3) is 0 Å². The first kappa shape index (κ1) is 18.9. The van der Waals surface area contributed by atoms with Gasteiger partial charge in [-0.1, -0.05) is 13.8 Å². The Labute approximate surface area is 139 Å². The second-order valence-corrected chi connectivity index (χ2v) is 5.88. The zero-order valence-corrected chi connectivity index (χ0v) is 14.6. The Morgan fingerprint density at radius 3 is 2.45 bits per heavy atom. The van der Waals surface area contributed by atoms with Gasteiger partial charge in [-0.15, -0.1) is 0 Å². The molecule has 22 heavy (non-hydrogen) atoms. The van der Waals surface area contributed by atoms with E-state index in [9.17, 15) is 15.0 Å². The van der Waals surface area contributed by atoms with Gasteiger partial charge < -0.3 is 20.7 Å². The summed E-state index contributed by atoms with van der Waals surface area (Å²) in [7, 11) is 0. The number of ether oxygens (including phenoxy) is 1. The number of halogens is 1. The SMILES string of the molecule is CCN(CC)Cc1cc(C(=O)OC(O)C(C)O)cc(Br)c1N. The quantitative estimate of drug-likeness (QED) is 0.382. The van der Waals surface area contributed by atoms with Crippen LogP contribution in [-0.4, -0.2) is 46.6 Å². The number of hydrogen-bond donors (Lipinski definition) is 3. The predicted octanol–water partition coefficient (Wildman–Crippen LogP) is 1.73. The number of anilines is 1. The molecule has 2 atom stereocenters. The number of nitrogens with zero attached hydrogens (tertiary/aromatic N) is 1. The van der Waals surface area contributed by atoms with Crippen molar-refractivity contribution in [3.8, 4) is 0 Å². The average molecular weight is 375 g/mol. The van der Waals surface area contributed by atoms with E-state index in [-0.39, 0.29) is 5.56 Å². The van der Waals surface area contributed by atoms with Gasteiger partial charge >= 0.3 is 5.97 Å². The Bertz CT molecular complexity index is 519. The topological polar surface area (TPSA) is 96.0 Å². The third-order valence-electron chi connectivity index (χ3n) is 3.38. The molecule has 1 aromatic rings. The molecule has 4 N–H and O–H groups in total. The van der Waals surface area contributed by atoms with Crippen LogP contribution < -0.4 is 5.73 Å². The highest BCUT2D eigenvalue weighted by molar-refractivity contribution is 9.10. The van der Waals surface area contributed by atoms with Crippen LogP contribution in [0.2, 0.25) is 0 Å². The lowest BCUT2D eigenvalue weighted by molar-refractivity contribution is -0.123. The molecular formula is C15H23BrN2O4. The standard InChI is InChI=1S/C15H23BrN2O4/c1-4-18(5-2)8-11-6-10(7-12(16)13(11)17)15(21)22-14(20)9(3)19/h6-7,9,14,19-20H,4-5,8,17H2,1-3H3. The number of carbonyl (C=O) groups is 1. The molecule has 6 nitrogen and oxygen atoms in total. The molecular weight excluding hydrogens is 352 g/mol. The van der Waals surface area contributed by atoms with Gasteiger partial charge in [0.1, 0.15) is 6.10 Å². The van der Waals surface area contributed by atoms with E-state index in [4.69, 9.17) is 10.5 Å². The minimum Gasteiger partial charge on any atom is -0.429 e. The molecule has 0 aliphatic carbocycles.